The number of rotatable bonds is 10. The van der Waals surface area contributed by atoms with E-state index < -0.39 is 0 Å². The number of halogens is 2. The van der Waals surface area contributed by atoms with E-state index in [2.05, 4.69) is 143 Å². The van der Waals surface area contributed by atoms with Crippen LogP contribution in [0.1, 0.15) is 22.3 Å². The number of para-hydroxylation sites is 2. The quantitative estimate of drug-likeness (QED) is 0.132. The molecule has 0 bridgehead atoms. The van der Waals surface area contributed by atoms with Crippen LogP contribution in [0.25, 0.3) is 24.3 Å². The van der Waals surface area contributed by atoms with Crippen LogP contribution in [-0.2, 0) is 0 Å². The Kier molecular flexibility index (Phi) is 10.2. The second-order valence-corrected chi connectivity index (χ2v) is 12.7. The summed E-state index contributed by atoms with van der Waals surface area (Å²) in [6, 6.07) is 62.3. The Morgan fingerprint density at radius 2 is 0.560 bits per heavy atom. The summed E-state index contributed by atoms with van der Waals surface area (Å²) in [5.74, 6) is 0. The predicted molar refractivity (Wildman–Crippen MR) is 217 cm³/mol. The Morgan fingerprint density at radius 3 is 0.880 bits per heavy atom. The Hall–Kier alpha value is -5.80. The van der Waals surface area contributed by atoms with Crippen LogP contribution < -0.4 is 9.80 Å². The maximum atomic E-state index is 6.35. The van der Waals surface area contributed by atoms with Crippen molar-refractivity contribution in [3.05, 3.63) is 214 Å². The van der Waals surface area contributed by atoms with Crippen molar-refractivity contribution >= 4 is 81.6 Å². The number of hydrogen-bond donors (Lipinski definition) is 0. The van der Waals surface area contributed by atoms with Crippen molar-refractivity contribution in [2.45, 2.75) is 0 Å². The van der Waals surface area contributed by atoms with E-state index in [0.29, 0.717) is 10.0 Å². The van der Waals surface area contributed by atoms with Crippen LogP contribution in [0.4, 0.5) is 34.1 Å². The SMILES string of the molecule is Clc1cccc(N(c2ccccc2)c2ccc(C=Cc3ccc(C=Cc4ccc(N(c5ccccc5)c5cccc(Cl)c5)cc4)cc3)cc2)c1. The van der Waals surface area contributed by atoms with Gasteiger partial charge in [-0.2, -0.15) is 0 Å². The van der Waals surface area contributed by atoms with E-state index in [1.807, 2.05) is 72.8 Å². The summed E-state index contributed by atoms with van der Waals surface area (Å²) >= 11 is 12.7. The van der Waals surface area contributed by atoms with Crippen molar-refractivity contribution in [1.29, 1.82) is 0 Å². The molecule has 0 saturated carbocycles. The van der Waals surface area contributed by atoms with Crippen molar-refractivity contribution in [3.8, 4) is 0 Å². The number of benzene rings is 7. The minimum Gasteiger partial charge on any atom is -0.310 e. The van der Waals surface area contributed by atoms with E-state index in [-0.39, 0.29) is 0 Å². The minimum absolute atomic E-state index is 0.708. The first-order valence-corrected chi connectivity index (χ1v) is 17.2. The number of hydrogen-bond acceptors (Lipinski definition) is 2. The van der Waals surface area contributed by atoms with Crippen LogP contribution in [0.3, 0.4) is 0 Å². The van der Waals surface area contributed by atoms with E-state index >= 15 is 0 Å². The highest BCUT2D eigenvalue weighted by Crippen LogP contribution is 2.37. The second-order valence-electron chi connectivity index (χ2n) is 11.8. The average Bonchev–Trinajstić information content (AvgIpc) is 3.16. The van der Waals surface area contributed by atoms with Gasteiger partial charge in [0.2, 0.25) is 0 Å². The third-order valence-corrected chi connectivity index (χ3v) is 8.81. The molecule has 0 atom stereocenters. The maximum absolute atomic E-state index is 6.35. The Labute approximate surface area is 304 Å². The standard InChI is InChI=1S/C46H34Cl2N2/c47-39-9-7-15-45(33-39)49(41-11-3-1-4-12-41)43-29-25-37(26-30-43)23-21-35-17-19-36(20-18-35)22-24-38-27-31-44(32-28-38)50(42-13-5-2-6-14-42)46-16-8-10-40(48)34-46/h1-34H. The molecular weight excluding hydrogens is 651 g/mol. The third kappa shape index (κ3) is 8.07. The maximum Gasteiger partial charge on any atom is 0.0476 e. The molecule has 0 spiro atoms. The van der Waals surface area contributed by atoms with Crippen molar-refractivity contribution in [2.24, 2.45) is 0 Å². The first-order chi connectivity index (χ1) is 24.6. The zero-order valence-corrected chi connectivity index (χ0v) is 28.8. The highest BCUT2D eigenvalue weighted by Gasteiger charge is 2.13. The molecule has 7 aromatic rings. The first-order valence-electron chi connectivity index (χ1n) is 16.5. The van der Waals surface area contributed by atoms with Crippen molar-refractivity contribution < 1.29 is 0 Å². The van der Waals surface area contributed by atoms with Crippen molar-refractivity contribution in [1.82, 2.24) is 0 Å². The lowest BCUT2D eigenvalue weighted by Crippen LogP contribution is -2.09. The van der Waals surface area contributed by atoms with Gasteiger partial charge in [0.05, 0.1) is 0 Å². The van der Waals surface area contributed by atoms with Gasteiger partial charge in [-0.05, 0) is 107 Å². The summed E-state index contributed by atoms with van der Waals surface area (Å²) < 4.78 is 0. The number of nitrogens with zero attached hydrogens (tertiary/aromatic N) is 2. The molecule has 0 aliphatic rings. The van der Waals surface area contributed by atoms with Gasteiger partial charge in [0.1, 0.15) is 0 Å². The van der Waals surface area contributed by atoms with Gasteiger partial charge in [0, 0.05) is 44.2 Å². The molecule has 0 fully saturated rings. The molecule has 0 aliphatic carbocycles. The van der Waals surface area contributed by atoms with E-state index in [0.717, 1.165) is 56.4 Å². The molecule has 0 N–H and O–H groups in total. The Balaban J connectivity index is 1.02. The summed E-state index contributed by atoms with van der Waals surface area (Å²) in [7, 11) is 0. The summed E-state index contributed by atoms with van der Waals surface area (Å²) in [6.07, 6.45) is 8.58. The fourth-order valence-corrected chi connectivity index (χ4v) is 6.22. The largest absolute Gasteiger partial charge is 0.310 e. The van der Waals surface area contributed by atoms with Crippen molar-refractivity contribution in [3.63, 3.8) is 0 Å². The molecule has 7 aromatic carbocycles. The van der Waals surface area contributed by atoms with Crippen LogP contribution in [0, 0.1) is 0 Å². The van der Waals surface area contributed by atoms with Gasteiger partial charge in [-0.1, -0.05) is 145 Å². The molecule has 0 saturated heterocycles. The van der Waals surface area contributed by atoms with E-state index in [9.17, 15) is 0 Å². The summed E-state index contributed by atoms with van der Waals surface area (Å²) in [5, 5.41) is 1.42. The molecule has 50 heavy (non-hydrogen) atoms. The summed E-state index contributed by atoms with van der Waals surface area (Å²) in [6.45, 7) is 0. The molecule has 0 radical (unpaired) electrons. The van der Waals surface area contributed by atoms with Crippen LogP contribution in [0.5, 0.6) is 0 Å². The molecule has 4 heteroatoms. The zero-order chi connectivity index (χ0) is 34.1. The average molecular weight is 686 g/mol. The van der Waals surface area contributed by atoms with E-state index in [1.165, 1.54) is 0 Å². The van der Waals surface area contributed by atoms with Crippen LogP contribution in [-0.4, -0.2) is 0 Å². The highest BCUT2D eigenvalue weighted by atomic mass is 35.5. The number of anilines is 6. The van der Waals surface area contributed by atoms with Crippen LogP contribution in [0.2, 0.25) is 10.0 Å². The Morgan fingerprint density at radius 1 is 0.280 bits per heavy atom. The molecular formula is C46H34Cl2N2. The minimum atomic E-state index is 0.708. The van der Waals surface area contributed by atoms with Gasteiger partial charge in [-0.15, -0.1) is 0 Å². The lowest BCUT2D eigenvalue weighted by atomic mass is 10.1. The molecule has 0 amide bonds. The van der Waals surface area contributed by atoms with Gasteiger partial charge in [-0.3, -0.25) is 0 Å². The molecule has 2 nitrogen and oxygen atoms in total. The smallest absolute Gasteiger partial charge is 0.0476 e. The fourth-order valence-electron chi connectivity index (χ4n) is 5.85. The van der Waals surface area contributed by atoms with E-state index in [4.69, 9.17) is 23.2 Å². The second kappa shape index (κ2) is 15.6. The molecule has 0 heterocycles. The van der Waals surface area contributed by atoms with Crippen molar-refractivity contribution in [2.75, 3.05) is 9.80 Å². The lowest BCUT2D eigenvalue weighted by Gasteiger charge is -2.25. The van der Waals surface area contributed by atoms with Crippen LogP contribution >= 0.6 is 23.2 Å². The molecule has 242 valence electrons. The van der Waals surface area contributed by atoms with E-state index in [1.54, 1.807) is 0 Å². The first kappa shape index (κ1) is 32.7. The zero-order valence-electron chi connectivity index (χ0n) is 27.3. The van der Waals surface area contributed by atoms with Gasteiger partial charge >= 0.3 is 0 Å². The highest BCUT2D eigenvalue weighted by molar-refractivity contribution is 6.31. The summed E-state index contributed by atoms with van der Waals surface area (Å²) in [5.41, 5.74) is 10.9. The lowest BCUT2D eigenvalue weighted by molar-refractivity contribution is 1.28. The van der Waals surface area contributed by atoms with Gasteiger partial charge < -0.3 is 9.80 Å². The predicted octanol–water partition coefficient (Wildman–Crippen LogP) is 14.3. The fraction of sp³-hybridized carbons (Fsp3) is 0. The topological polar surface area (TPSA) is 6.48 Å². The van der Waals surface area contributed by atoms with Gasteiger partial charge in [0.15, 0.2) is 0 Å². The van der Waals surface area contributed by atoms with Crippen LogP contribution in [0.15, 0.2) is 182 Å². The molecule has 7 rings (SSSR count). The normalized spacial score (nSPS) is 11.2. The Bertz CT molecular complexity index is 2050. The molecule has 0 aromatic heterocycles. The van der Waals surface area contributed by atoms with Gasteiger partial charge in [-0.25, -0.2) is 0 Å². The molecule has 0 aliphatic heterocycles. The molecule has 0 unspecified atom stereocenters. The van der Waals surface area contributed by atoms with Gasteiger partial charge in [0.25, 0.3) is 0 Å². The monoisotopic (exact) mass is 684 g/mol. The summed E-state index contributed by atoms with van der Waals surface area (Å²) in [4.78, 5) is 4.42. The third-order valence-electron chi connectivity index (χ3n) is 8.34.